The summed E-state index contributed by atoms with van der Waals surface area (Å²) in [5, 5.41) is 1.89. The van der Waals surface area contributed by atoms with E-state index in [2.05, 4.69) is 11.9 Å². The molecule has 64 valence electrons. The number of hydrogen-bond donors (Lipinski definition) is 0. The van der Waals surface area contributed by atoms with Crippen molar-refractivity contribution in [1.29, 1.82) is 0 Å². The van der Waals surface area contributed by atoms with Crippen LogP contribution in [0.1, 0.15) is 12.6 Å². The molecule has 0 N–H and O–H groups in total. The normalized spacial score (nSPS) is 15.9. The third-order valence-corrected chi connectivity index (χ3v) is 2.01. The molecular formula is C9H12N2O. The van der Waals surface area contributed by atoms with E-state index in [1.54, 1.807) is 0 Å². The third-order valence-electron chi connectivity index (χ3n) is 2.01. The van der Waals surface area contributed by atoms with E-state index in [0.29, 0.717) is 0 Å². The molecule has 0 unspecified atom stereocenters. The fourth-order valence-corrected chi connectivity index (χ4v) is 1.43. The number of anilines is 1. The van der Waals surface area contributed by atoms with Crippen molar-refractivity contribution in [2.24, 2.45) is 0 Å². The Morgan fingerprint density at radius 2 is 2.58 bits per heavy atom. The summed E-state index contributed by atoms with van der Waals surface area (Å²) >= 11 is 0. The Bertz CT molecular complexity index is 275. The molecule has 0 saturated carbocycles. The molecule has 3 nitrogen and oxygen atoms in total. The summed E-state index contributed by atoms with van der Waals surface area (Å²) < 4.78 is 0. The molecule has 0 radical (unpaired) electrons. The molecule has 0 spiro atoms. The summed E-state index contributed by atoms with van der Waals surface area (Å²) in [6, 6.07) is 3.99. The van der Waals surface area contributed by atoms with Gasteiger partial charge in [0.1, 0.15) is 0 Å². The SMILES string of the molecule is CCN1OCCc2ncccc21. The first-order chi connectivity index (χ1) is 5.92. The first-order valence-electron chi connectivity index (χ1n) is 4.26. The molecule has 0 saturated heterocycles. The Balaban J connectivity index is 2.37. The van der Waals surface area contributed by atoms with Gasteiger partial charge in [0.25, 0.3) is 0 Å². The minimum Gasteiger partial charge on any atom is -0.273 e. The largest absolute Gasteiger partial charge is 0.273 e. The van der Waals surface area contributed by atoms with Crippen LogP contribution < -0.4 is 5.06 Å². The van der Waals surface area contributed by atoms with Crippen LogP contribution in [0.3, 0.4) is 0 Å². The van der Waals surface area contributed by atoms with Crippen molar-refractivity contribution in [3.63, 3.8) is 0 Å². The van der Waals surface area contributed by atoms with Crippen LogP contribution in [0.5, 0.6) is 0 Å². The average Bonchev–Trinajstić information content (AvgIpc) is 2.17. The summed E-state index contributed by atoms with van der Waals surface area (Å²) in [6.45, 7) is 3.69. The molecule has 1 aliphatic heterocycles. The van der Waals surface area contributed by atoms with E-state index in [0.717, 1.165) is 31.0 Å². The van der Waals surface area contributed by atoms with Crippen LogP contribution in [0.15, 0.2) is 18.3 Å². The lowest BCUT2D eigenvalue weighted by molar-refractivity contribution is 0.102. The van der Waals surface area contributed by atoms with Gasteiger partial charge in [0.2, 0.25) is 0 Å². The molecule has 0 fully saturated rings. The third kappa shape index (κ3) is 1.16. The summed E-state index contributed by atoms with van der Waals surface area (Å²) in [5.74, 6) is 0. The zero-order valence-electron chi connectivity index (χ0n) is 7.16. The highest BCUT2D eigenvalue weighted by molar-refractivity contribution is 5.49. The molecule has 3 heteroatoms. The maximum atomic E-state index is 5.45. The van der Waals surface area contributed by atoms with Crippen molar-refractivity contribution in [2.45, 2.75) is 13.3 Å². The maximum absolute atomic E-state index is 5.45. The van der Waals surface area contributed by atoms with Gasteiger partial charge in [-0.3, -0.25) is 14.9 Å². The first-order valence-corrected chi connectivity index (χ1v) is 4.26. The zero-order valence-corrected chi connectivity index (χ0v) is 7.16. The fraction of sp³-hybridized carbons (Fsp3) is 0.444. The monoisotopic (exact) mass is 164 g/mol. The van der Waals surface area contributed by atoms with Crippen molar-refractivity contribution in [3.8, 4) is 0 Å². The van der Waals surface area contributed by atoms with Crippen LogP contribution in [-0.4, -0.2) is 18.1 Å². The Morgan fingerprint density at radius 1 is 1.67 bits per heavy atom. The molecule has 0 bridgehead atoms. The molecule has 12 heavy (non-hydrogen) atoms. The smallest absolute Gasteiger partial charge is 0.0852 e. The van der Waals surface area contributed by atoms with Crippen molar-refractivity contribution >= 4 is 5.69 Å². The molecule has 2 heterocycles. The summed E-state index contributed by atoms with van der Waals surface area (Å²) in [4.78, 5) is 9.74. The van der Waals surface area contributed by atoms with Crippen LogP contribution >= 0.6 is 0 Å². The highest BCUT2D eigenvalue weighted by Gasteiger charge is 2.15. The minimum absolute atomic E-state index is 0.748. The zero-order chi connectivity index (χ0) is 8.39. The fourth-order valence-electron chi connectivity index (χ4n) is 1.43. The summed E-state index contributed by atoms with van der Waals surface area (Å²) in [7, 11) is 0. The molecule has 1 aromatic rings. The summed E-state index contributed by atoms with van der Waals surface area (Å²) in [6.07, 6.45) is 2.75. The van der Waals surface area contributed by atoms with Gasteiger partial charge in [-0.1, -0.05) is 0 Å². The van der Waals surface area contributed by atoms with Crippen LogP contribution in [0.25, 0.3) is 0 Å². The van der Waals surface area contributed by atoms with E-state index in [1.165, 1.54) is 0 Å². The Hall–Kier alpha value is -1.09. The quantitative estimate of drug-likeness (QED) is 0.627. The van der Waals surface area contributed by atoms with Gasteiger partial charge in [-0.25, -0.2) is 0 Å². The van der Waals surface area contributed by atoms with E-state index < -0.39 is 0 Å². The topological polar surface area (TPSA) is 25.4 Å². The van der Waals surface area contributed by atoms with E-state index in [4.69, 9.17) is 4.84 Å². The molecule has 2 rings (SSSR count). The van der Waals surface area contributed by atoms with Crippen LogP contribution in [0.2, 0.25) is 0 Å². The van der Waals surface area contributed by atoms with Gasteiger partial charge in [0.05, 0.1) is 18.0 Å². The number of nitrogens with zero attached hydrogens (tertiary/aromatic N) is 2. The molecule has 0 atom stereocenters. The Kier molecular flexibility index (Phi) is 1.96. The van der Waals surface area contributed by atoms with E-state index in [1.807, 2.05) is 23.4 Å². The van der Waals surface area contributed by atoms with Crippen molar-refractivity contribution in [1.82, 2.24) is 4.98 Å². The number of aromatic nitrogens is 1. The summed E-state index contributed by atoms with van der Waals surface area (Å²) in [5.41, 5.74) is 2.26. The van der Waals surface area contributed by atoms with Gasteiger partial charge in [-0.05, 0) is 19.1 Å². The molecular weight excluding hydrogens is 152 g/mol. The van der Waals surface area contributed by atoms with Crippen LogP contribution in [0.4, 0.5) is 5.69 Å². The minimum atomic E-state index is 0.748. The second-order valence-corrected chi connectivity index (χ2v) is 2.75. The van der Waals surface area contributed by atoms with Gasteiger partial charge in [-0.15, -0.1) is 0 Å². The van der Waals surface area contributed by atoms with E-state index in [-0.39, 0.29) is 0 Å². The molecule has 0 aliphatic carbocycles. The lowest BCUT2D eigenvalue weighted by atomic mass is 10.2. The Morgan fingerprint density at radius 3 is 3.42 bits per heavy atom. The van der Waals surface area contributed by atoms with Crippen molar-refractivity contribution < 1.29 is 4.84 Å². The first kappa shape index (κ1) is 7.55. The second kappa shape index (κ2) is 3.11. The van der Waals surface area contributed by atoms with Crippen molar-refractivity contribution in [3.05, 3.63) is 24.0 Å². The van der Waals surface area contributed by atoms with Crippen molar-refractivity contribution in [2.75, 3.05) is 18.2 Å². The maximum Gasteiger partial charge on any atom is 0.0852 e. The molecule has 0 aromatic carbocycles. The average molecular weight is 164 g/mol. The van der Waals surface area contributed by atoms with Gasteiger partial charge in [0.15, 0.2) is 0 Å². The number of hydrogen-bond acceptors (Lipinski definition) is 3. The lowest BCUT2D eigenvalue weighted by Crippen LogP contribution is -2.29. The highest BCUT2D eigenvalue weighted by atomic mass is 16.7. The number of rotatable bonds is 1. The second-order valence-electron chi connectivity index (χ2n) is 2.75. The van der Waals surface area contributed by atoms with Gasteiger partial charge in [0, 0.05) is 19.2 Å². The van der Waals surface area contributed by atoms with Gasteiger partial charge < -0.3 is 0 Å². The molecule has 1 aliphatic rings. The number of hydroxylamine groups is 1. The molecule has 0 amide bonds. The number of pyridine rings is 1. The van der Waals surface area contributed by atoms with Gasteiger partial charge in [-0.2, -0.15) is 0 Å². The van der Waals surface area contributed by atoms with Crippen LogP contribution in [0, 0.1) is 0 Å². The van der Waals surface area contributed by atoms with E-state index >= 15 is 0 Å². The molecule has 1 aromatic heterocycles. The predicted octanol–water partition coefficient (Wildman–Crippen LogP) is 1.40. The number of fused-ring (bicyclic) bond motifs is 1. The van der Waals surface area contributed by atoms with Gasteiger partial charge >= 0.3 is 0 Å². The Labute approximate surface area is 71.9 Å². The predicted molar refractivity (Wildman–Crippen MR) is 46.9 cm³/mol. The lowest BCUT2D eigenvalue weighted by Gasteiger charge is -2.28. The standard InChI is InChI=1S/C9H12N2O/c1-2-11-9-4-3-6-10-8(9)5-7-12-11/h3-4,6H,2,5,7H2,1H3. The highest BCUT2D eigenvalue weighted by Crippen LogP contribution is 2.22. The van der Waals surface area contributed by atoms with E-state index in [9.17, 15) is 0 Å². The van der Waals surface area contributed by atoms with Crippen LogP contribution in [-0.2, 0) is 11.3 Å².